The van der Waals surface area contributed by atoms with E-state index in [-0.39, 0.29) is 12.5 Å². The maximum Gasteiger partial charge on any atom is 0.271 e. The quantitative estimate of drug-likeness (QED) is 0.815. The van der Waals surface area contributed by atoms with E-state index in [2.05, 4.69) is 10.2 Å². The van der Waals surface area contributed by atoms with Crippen molar-refractivity contribution in [1.82, 2.24) is 14.8 Å². The Labute approximate surface area is 96.6 Å². The van der Waals surface area contributed by atoms with E-state index >= 15 is 0 Å². The summed E-state index contributed by atoms with van der Waals surface area (Å²) in [5.41, 5.74) is 0. The summed E-state index contributed by atoms with van der Waals surface area (Å²) in [5, 5.41) is 7.68. The predicted molar refractivity (Wildman–Crippen MR) is 57.6 cm³/mol. The van der Waals surface area contributed by atoms with E-state index in [9.17, 15) is 4.79 Å². The smallest absolute Gasteiger partial charge is 0.271 e. The van der Waals surface area contributed by atoms with Gasteiger partial charge in [0, 0.05) is 5.02 Å². The van der Waals surface area contributed by atoms with Gasteiger partial charge in [0.2, 0.25) is 0 Å². The molecule has 1 aromatic carbocycles. The molecule has 0 spiro atoms. The van der Waals surface area contributed by atoms with Crippen molar-refractivity contribution in [3.05, 3.63) is 41.9 Å². The van der Waals surface area contributed by atoms with Crippen LogP contribution >= 0.6 is 11.6 Å². The van der Waals surface area contributed by atoms with Crippen molar-refractivity contribution in [1.29, 1.82) is 0 Å². The van der Waals surface area contributed by atoms with Crippen LogP contribution in [-0.2, 0) is 0 Å². The van der Waals surface area contributed by atoms with Crippen molar-refractivity contribution in [3.63, 3.8) is 0 Å². The number of benzene rings is 1. The molecule has 0 aliphatic rings. The summed E-state index contributed by atoms with van der Waals surface area (Å²) in [5.74, 6) is 0.353. The fraction of sp³-hybridized carbons (Fsp3) is 0.100. The predicted octanol–water partition coefficient (Wildman–Crippen LogP) is 1.65. The first-order valence-electron chi connectivity index (χ1n) is 4.52. The van der Waals surface area contributed by atoms with Gasteiger partial charge in [0.1, 0.15) is 18.4 Å². The Bertz CT molecular complexity index is 467. The monoisotopic (exact) mass is 237 g/mol. The maximum absolute atomic E-state index is 11.5. The van der Waals surface area contributed by atoms with Crippen LogP contribution in [0.2, 0.25) is 5.02 Å². The molecule has 2 aromatic rings. The molecule has 1 aromatic heterocycles. The summed E-state index contributed by atoms with van der Waals surface area (Å²) in [6.07, 6.45) is 2.65. The Kier molecular flexibility index (Phi) is 3.16. The van der Waals surface area contributed by atoms with Crippen LogP contribution in [0.5, 0.6) is 5.75 Å². The van der Waals surface area contributed by atoms with Gasteiger partial charge in [-0.05, 0) is 24.3 Å². The summed E-state index contributed by atoms with van der Waals surface area (Å²) in [4.78, 5) is 11.5. The van der Waals surface area contributed by atoms with Crippen LogP contribution in [0.25, 0.3) is 0 Å². The first-order valence-corrected chi connectivity index (χ1v) is 4.90. The molecule has 0 fully saturated rings. The molecule has 6 heteroatoms. The van der Waals surface area contributed by atoms with E-state index in [4.69, 9.17) is 16.3 Å². The number of halogens is 1. The summed E-state index contributed by atoms with van der Waals surface area (Å²) >= 11 is 5.71. The van der Waals surface area contributed by atoms with Gasteiger partial charge in [-0.15, -0.1) is 10.2 Å². The minimum atomic E-state index is -0.236. The van der Waals surface area contributed by atoms with Gasteiger partial charge in [0.05, 0.1) is 0 Å². The molecule has 0 N–H and O–H groups in total. The number of hydrogen-bond acceptors (Lipinski definition) is 4. The van der Waals surface area contributed by atoms with E-state index in [0.717, 1.165) is 0 Å². The molecule has 1 heterocycles. The van der Waals surface area contributed by atoms with Crippen LogP contribution < -0.4 is 4.74 Å². The minimum Gasteiger partial charge on any atom is -0.484 e. The first-order chi connectivity index (χ1) is 7.75. The Morgan fingerprint density at radius 3 is 2.50 bits per heavy atom. The number of rotatable bonds is 3. The molecule has 0 radical (unpaired) electrons. The highest BCUT2D eigenvalue weighted by molar-refractivity contribution is 6.30. The zero-order chi connectivity index (χ0) is 11.4. The normalized spacial score (nSPS) is 10.1. The molecule has 0 bridgehead atoms. The van der Waals surface area contributed by atoms with Crippen molar-refractivity contribution in [2.75, 3.05) is 6.61 Å². The Hall–Kier alpha value is -1.88. The van der Waals surface area contributed by atoms with E-state index in [1.54, 1.807) is 24.3 Å². The van der Waals surface area contributed by atoms with Crippen molar-refractivity contribution in [2.24, 2.45) is 0 Å². The molecule has 0 atom stereocenters. The molecule has 5 nitrogen and oxygen atoms in total. The van der Waals surface area contributed by atoms with Crippen LogP contribution in [-0.4, -0.2) is 27.3 Å². The number of carbonyl (C=O) groups is 1. The Morgan fingerprint density at radius 2 is 1.88 bits per heavy atom. The van der Waals surface area contributed by atoms with E-state index in [1.807, 2.05) is 0 Å². The largest absolute Gasteiger partial charge is 0.484 e. The van der Waals surface area contributed by atoms with Crippen LogP contribution in [0, 0.1) is 0 Å². The molecule has 0 aliphatic heterocycles. The average Bonchev–Trinajstić information content (AvgIpc) is 2.81. The lowest BCUT2D eigenvalue weighted by molar-refractivity contribution is 0.0837. The second-order valence-electron chi connectivity index (χ2n) is 3.01. The van der Waals surface area contributed by atoms with Gasteiger partial charge in [-0.3, -0.25) is 9.36 Å². The molecule has 16 heavy (non-hydrogen) atoms. The lowest BCUT2D eigenvalue weighted by Crippen LogP contribution is -2.17. The Balaban J connectivity index is 1.93. The molecule has 82 valence electrons. The lowest BCUT2D eigenvalue weighted by atomic mass is 10.3. The molecule has 0 saturated heterocycles. The number of aromatic nitrogens is 3. The highest BCUT2D eigenvalue weighted by atomic mass is 35.5. The Morgan fingerprint density at radius 1 is 1.25 bits per heavy atom. The van der Waals surface area contributed by atoms with E-state index in [0.29, 0.717) is 10.8 Å². The SMILES string of the molecule is O=C(COc1ccc(Cl)cc1)n1cnnc1. The third-order valence-corrected chi connectivity index (χ3v) is 2.13. The maximum atomic E-state index is 11.5. The van der Waals surface area contributed by atoms with E-state index < -0.39 is 0 Å². The number of ether oxygens (including phenoxy) is 1. The third kappa shape index (κ3) is 2.58. The standard InChI is InChI=1S/C10H8ClN3O2/c11-8-1-3-9(4-2-8)16-5-10(15)14-6-12-13-7-14/h1-4,6-7H,5H2. The van der Waals surface area contributed by atoms with Crippen LogP contribution in [0.4, 0.5) is 0 Å². The number of carbonyl (C=O) groups excluding carboxylic acids is 1. The summed E-state index contributed by atoms with van der Waals surface area (Å²) in [6.45, 7) is -0.0698. The fourth-order valence-corrected chi connectivity index (χ4v) is 1.21. The van der Waals surface area contributed by atoms with Gasteiger partial charge in [-0.2, -0.15) is 0 Å². The first kappa shape index (κ1) is 10.6. The molecular formula is C10H8ClN3O2. The summed E-state index contributed by atoms with van der Waals surface area (Å²) < 4.78 is 6.52. The lowest BCUT2D eigenvalue weighted by Gasteiger charge is -2.04. The second kappa shape index (κ2) is 4.76. The van der Waals surface area contributed by atoms with Gasteiger partial charge in [0.25, 0.3) is 5.91 Å². The number of nitrogens with zero attached hydrogens (tertiary/aromatic N) is 3. The fourth-order valence-electron chi connectivity index (χ4n) is 1.08. The average molecular weight is 238 g/mol. The van der Waals surface area contributed by atoms with Gasteiger partial charge < -0.3 is 4.74 Å². The van der Waals surface area contributed by atoms with Crippen molar-refractivity contribution in [3.8, 4) is 5.75 Å². The highest BCUT2D eigenvalue weighted by Crippen LogP contribution is 2.15. The minimum absolute atomic E-state index is 0.0698. The molecule has 2 rings (SSSR count). The second-order valence-corrected chi connectivity index (χ2v) is 3.44. The third-order valence-electron chi connectivity index (χ3n) is 1.88. The van der Waals surface area contributed by atoms with Crippen LogP contribution in [0.3, 0.4) is 0 Å². The topological polar surface area (TPSA) is 57.0 Å². The van der Waals surface area contributed by atoms with E-state index in [1.165, 1.54) is 17.2 Å². The van der Waals surface area contributed by atoms with Crippen molar-refractivity contribution in [2.45, 2.75) is 0 Å². The summed E-state index contributed by atoms with van der Waals surface area (Å²) in [7, 11) is 0. The van der Waals surface area contributed by atoms with Gasteiger partial charge in [0.15, 0.2) is 6.61 Å². The van der Waals surface area contributed by atoms with Gasteiger partial charge in [-0.1, -0.05) is 11.6 Å². The van der Waals surface area contributed by atoms with Crippen molar-refractivity contribution >= 4 is 17.5 Å². The molecule has 0 saturated carbocycles. The van der Waals surface area contributed by atoms with Crippen LogP contribution in [0.15, 0.2) is 36.9 Å². The van der Waals surface area contributed by atoms with Crippen molar-refractivity contribution < 1.29 is 9.53 Å². The zero-order valence-corrected chi connectivity index (χ0v) is 8.96. The van der Waals surface area contributed by atoms with Gasteiger partial charge >= 0.3 is 0 Å². The van der Waals surface area contributed by atoms with Crippen LogP contribution in [0.1, 0.15) is 4.79 Å². The summed E-state index contributed by atoms with van der Waals surface area (Å²) in [6, 6.07) is 6.78. The molecule has 0 unspecified atom stereocenters. The number of hydrogen-bond donors (Lipinski definition) is 0. The van der Waals surface area contributed by atoms with Gasteiger partial charge in [-0.25, -0.2) is 0 Å². The molecular weight excluding hydrogens is 230 g/mol. The highest BCUT2D eigenvalue weighted by Gasteiger charge is 2.05. The molecule has 0 aliphatic carbocycles. The zero-order valence-electron chi connectivity index (χ0n) is 8.21. The molecule has 0 amide bonds.